The maximum absolute atomic E-state index is 12.2. The monoisotopic (exact) mass is 246 g/mol. The maximum atomic E-state index is 12.2. The van der Waals surface area contributed by atoms with Gasteiger partial charge < -0.3 is 14.5 Å². The second kappa shape index (κ2) is 4.71. The van der Waals surface area contributed by atoms with Gasteiger partial charge in [-0.2, -0.15) is 7.05 Å². The van der Waals surface area contributed by atoms with Crippen molar-refractivity contribution in [2.24, 2.45) is 0 Å². The van der Waals surface area contributed by atoms with E-state index in [1.54, 1.807) is 0 Å². The van der Waals surface area contributed by atoms with Crippen LogP contribution in [0.4, 0.5) is 0 Å². The normalized spacial score (nSPS) is 27.4. The molecule has 2 unspecified atom stereocenters. The van der Waals surface area contributed by atoms with Crippen molar-refractivity contribution in [3.05, 3.63) is 42.4 Å². The van der Waals surface area contributed by atoms with Crippen LogP contribution in [0.1, 0.15) is 15.9 Å². The smallest absolute Gasteiger partial charge is 0.254 e. The number of amides is 1. The lowest BCUT2D eigenvalue weighted by atomic mass is 10.1. The average molecular weight is 246 g/mol. The van der Waals surface area contributed by atoms with Crippen LogP contribution in [-0.2, 0) is 11.3 Å². The Hall–Kier alpha value is -1.39. The lowest BCUT2D eigenvalue weighted by Gasteiger charge is -2.33. The minimum absolute atomic E-state index is 0.115. The molecule has 1 amide bonds. The second-order valence-corrected chi connectivity index (χ2v) is 5.04. The van der Waals surface area contributed by atoms with Crippen molar-refractivity contribution in [3.8, 4) is 0 Å². The van der Waals surface area contributed by atoms with Crippen LogP contribution in [0, 0.1) is 7.05 Å². The summed E-state index contributed by atoms with van der Waals surface area (Å²) in [6, 6.07) is 7.82. The average Bonchev–Trinajstić information content (AvgIpc) is 2.67. The zero-order valence-corrected chi connectivity index (χ0v) is 10.4. The molecule has 4 heteroatoms. The lowest BCUT2D eigenvalue weighted by Crippen LogP contribution is -3.10. The molecular formula is C14H18N2O2. The van der Waals surface area contributed by atoms with Gasteiger partial charge in [0.25, 0.3) is 5.91 Å². The Labute approximate surface area is 107 Å². The first-order chi connectivity index (χ1) is 8.74. The first-order valence-electron chi connectivity index (χ1n) is 6.39. The number of hydrogen-bond acceptors (Lipinski definition) is 2. The summed E-state index contributed by atoms with van der Waals surface area (Å²) in [5.74, 6) is 0.130. The van der Waals surface area contributed by atoms with Crippen molar-refractivity contribution in [1.29, 1.82) is 0 Å². The molecule has 1 fully saturated rings. The summed E-state index contributed by atoms with van der Waals surface area (Å²) in [5, 5.41) is 0. The van der Waals surface area contributed by atoms with Crippen LogP contribution in [0.15, 0.2) is 24.3 Å². The number of quaternary nitrogens is 1. The molecule has 1 saturated heterocycles. The van der Waals surface area contributed by atoms with E-state index in [0.717, 1.165) is 30.8 Å². The molecule has 18 heavy (non-hydrogen) atoms. The highest BCUT2D eigenvalue weighted by atomic mass is 16.5. The molecule has 96 valence electrons. The molecule has 0 spiro atoms. The third kappa shape index (κ3) is 2.13. The van der Waals surface area contributed by atoms with Gasteiger partial charge in [-0.25, -0.2) is 0 Å². The van der Waals surface area contributed by atoms with Gasteiger partial charge in [0.15, 0.2) is 0 Å². The van der Waals surface area contributed by atoms with E-state index in [9.17, 15) is 4.79 Å². The van der Waals surface area contributed by atoms with Crippen molar-refractivity contribution in [1.82, 2.24) is 4.90 Å². The maximum Gasteiger partial charge on any atom is 0.254 e. The molecule has 2 atom stereocenters. The third-order valence-electron chi connectivity index (χ3n) is 3.65. The summed E-state index contributed by atoms with van der Waals surface area (Å²) in [7, 11) is 4.01. The lowest BCUT2D eigenvalue weighted by molar-refractivity contribution is -0.867. The van der Waals surface area contributed by atoms with Crippen LogP contribution >= 0.6 is 0 Å². The van der Waals surface area contributed by atoms with E-state index in [1.807, 2.05) is 29.2 Å². The SMILES string of the molecule is [CH2-][NH+]1CCOC(CN2Cc3ccccc3C2=O)C1. The summed E-state index contributed by atoms with van der Waals surface area (Å²) < 4.78 is 5.70. The predicted octanol–water partition coefficient (Wildman–Crippen LogP) is -0.282. The first kappa shape index (κ1) is 11.7. The second-order valence-electron chi connectivity index (χ2n) is 5.04. The zero-order valence-electron chi connectivity index (χ0n) is 10.4. The molecule has 0 bridgehead atoms. The van der Waals surface area contributed by atoms with Crippen LogP contribution in [0.25, 0.3) is 0 Å². The Morgan fingerprint density at radius 2 is 2.28 bits per heavy atom. The van der Waals surface area contributed by atoms with Gasteiger partial charge in [-0.1, -0.05) is 18.2 Å². The number of rotatable bonds is 2. The standard InChI is InChI=1S/C14H18N2O2/c1-15-6-7-18-12(9-15)10-16-8-11-4-2-3-5-13(11)14(16)17/h2-5,12,15H,1,6-10H2. The van der Waals surface area contributed by atoms with Gasteiger partial charge in [0.05, 0.1) is 26.2 Å². The minimum Gasteiger partial charge on any atom is -0.464 e. The largest absolute Gasteiger partial charge is 0.464 e. The van der Waals surface area contributed by atoms with Crippen LogP contribution in [-0.4, -0.2) is 43.2 Å². The summed E-state index contributed by atoms with van der Waals surface area (Å²) in [5.41, 5.74) is 1.96. The van der Waals surface area contributed by atoms with E-state index in [-0.39, 0.29) is 12.0 Å². The molecule has 0 saturated carbocycles. The summed E-state index contributed by atoms with van der Waals surface area (Å²) in [6.07, 6.45) is 0.115. The highest BCUT2D eigenvalue weighted by Gasteiger charge is 2.30. The number of morpholine rings is 1. The van der Waals surface area contributed by atoms with Crippen LogP contribution in [0.3, 0.4) is 0 Å². The fraction of sp³-hybridized carbons (Fsp3) is 0.429. The van der Waals surface area contributed by atoms with Gasteiger partial charge in [0.1, 0.15) is 6.10 Å². The number of fused-ring (bicyclic) bond motifs is 1. The molecule has 1 N–H and O–H groups in total. The number of nitrogens with one attached hydrogen (secondary N) is 1. The fourth-order valence-corrected chi connectivity index (χ4v) is 2.68. The first-order valence-corrected chi connectivity index (χ1v) is 6.39. The number of ether oxygens (including phenoxy) is 1. The quantitative estimate of drug-likeness (QED) is 0.728. The number of carbonyl (C=O) groups excluding carboxylic acids is 1. The predicted molar refractivity (Wildman–Crippen MR) is 67.0 cm³/mol. The topological polar surface area (TPSA) is 34.0 Å². The van der Waals surface area contributed by atoms with E-state index in [1.165, 1.54) is 4.90 Å². The third-order valence-corrected chi connectivity index (χ3v) is 3.65. The van der Waals surface area contributed by atoms with Gasteiger partial charge in [-0.3, -0.25) is 4.79 Å². The molecule has 0 aliphatic carbocycles. The molecular weight excluding hydrogens is 228 g/mol. The van der Waals surface area contributed by atoms with Gasteiger partial charge in [-0.15, -0.1) is 0 Å². The van der Waals surface area contributed by atoms with Gasteiger partial charge in [0, 0.05) is 12.1 Å². The van der Waals surface area contributed by atoms with E-state index in [2.05, 4.69) is 7.05 Å². The molecule has 2 aliphatic heterocycles. The van der Waals surface area contributed by atoms with Crippen molar-refractivity contribution >= 4 is 5.91 Å². The fourth-order valence-electron chi connectivity index (χ4n) is 2.68. The summed E-state index contributed by atoms with van der Waals surface area (Å²) in [4.78, 5) is 15.3. The summed E-state index contributed by atoms with van der Waals surface area (Å²) in [6.45, 7) is 3.94. The number of hydrogen-bond donors (Lipinski definition) is 1. The highest BCUT2D eigenvalue weighted by Crippen LogP contribution is 2.22. The molecule has 4 nitrogen and oxygen atoms in total. The summed E-state index contributed by atoms with van der Waals surface area (Å²) >= 11 is 0. The van der Waals surface area contributed by atoms with Crippen molar-refractivity contribution < 1.29 is 14.4 Å². The zero-order chi connectivity index (χ0) is 12.5. The Morgan fingerprint density at radius 1 is 1.44 bits per heavy atom. The van der Waals surface area contributed by atoms with Crippen LogP contribution < -0.4 is 4.90 Å². The molecule has 2 aliphatic rings. The molecule has 0 aromatic heterocycles. The van der Waals surface area contributed by atoms with Crippen LogP contribution in [0.2, 0.25) is 0 Å². The molecule has 3 rings (SSSR count). The Kier molecular flexibility index (Phi) is 3.06. The van der Waals surface area contributed by atoms with E-state index >= 15 is 0 Å². The number of benzene rings is 1. The van der Waals surface area contributed by atoms with Gasteiger partial charge in [0.2, 0.25) is 0 Å². The van der Waals surface area contributed by atoms with Crippen molar-refractivity contribution in [3.63, 3.8) is 0 Å². The highest BCUT2D eigenvalue weighted by molar-refractivity contribution is 5.98. The molecule has 1 aromatic rings. The van der Waals surface area contributed by atoms with Crippen molar-refractivity contribution in [2.75, 3.05) is 26.2 Å². The van der Waals surface area contributed by atoms with E-state index in [4.69, 9.17) is 4.74 Å². The van der Waals surface area contributed by atoms with E-state index < -0.39 is 0 Å². The minimum atomic E-state index is 0.115. The molecule has 0 radical (unpaired) electrons. The Morgan fingerprint density at radius 3 is 3.06 bits per heavy atom. The number of carbonyl (C=O) groups is 1. The van der Waals surface area contributed by atoms with E-state index in [0.29, 0.717) is 13.1 Å². The Bertz CT molecular complexity index is 461. The Balaban J connectivity index is 1.67. The van der Waals surface area contributed by atoms with Crippen molar-refractivity contribution in [2.45, 2.75) is 12.6 Å². The molecule has 1 aromatic carbocycles. The van der Waals surface area contributed by atoms with Crippen LogP contribution in [0.5, 0.6) is 0 Å². The molecule has 2 heterocycles. The van der Waals surface area contributed by atoms with Gasteiger partial charge >= 0.3 is 0 Å². The number of nitrogens with zero attached hydrogens (tertiary/aromatic N) is 1. The van der Waals surface area contributed by atoms with Gasteiger partial charge in [-0.05, 0) is 11.6 Å².